The maximum Gasteiger partial charge on any atom is 0.241 e. The number of hydrogen-bond acceptors (Lipinski definition) is 6. The number of amides is 1. The number of carbonyl (C=O) groups excluding carboxylic acids is 1. The number of nitrogens with zero attached hydrogens (tertiary/aromatic N) is 5. The molecule has 2 aliphatic rings. The van der Waals surface area contributed by atoms with Crippen LogP contribution in [0.15, 0.2) is 67.4 Å². The molecule has 8 heteroatoms. The topological polar surface area (TPSA) is 96.2 Å². The minimum absolute atomic E-state index is 0.0779. The fourth-order valence-corrected chi connectivity index (χ4v) is 5.05. The summed E-state index contributed by atoms with van der Waals surface area (Å²) >= 11 is 0. The lowest BCUT2D eigenvalue weighted by Crippen LogP contribution is -2.32. The number of carbonyl (C=O) groups is 1. The molecular weight excluding hydrogens is 380 g/mol. The first kappa shape index (κ1) is 18.7. The lowest BCUT2D eigenvalue weighted by Gasteiger charge is -2.17. The fourth-order valence-electron chi connectivity index (χ4n) is 5.05. The monoisotopic (exact) mass is 404 g/mol. The summed E-state index contributed by atoms with van der Waals surface area (Å²) in [7, 11) is 0. The van der Waals surface area contributed by atoms with Crippen molar-refractivity contribution in [2.24, 2.45) is 11.3 Å². The quantitative estimate of drug-likeness (QED) is 0.638. The summed E-state index contributed by atoms with van der Waals surface area (Å²) in [5, 5.41) is 18.2. The second-order valence-electron chi connectivity index (χ2n) is 8.07. The van der Waals surface area contributed by atoms with E-state index in [0.717, 1.165) is 5.82 Å². The van der Waals surface area contributed by atoms with Gasteiger partial charge in [-0.25, -0.2) is 4.98 Å². The van der Waals surface area contributed by atoms with Crippen LogP contribution in [-0.2, 0) is 11.3 Å². The predicted octanol–water partition coefficient (Wildman–Crippen LogP) is 1.07. The highest BCUT2D eigenvalue weighted by molar-refractivity contribution is 5.75. The summed E-state index contributed by atoms with van der Waals surface area (Å²) in [4.78, 5) is 23.1. The van der Waals surface area contributed by atoms with Crippen molar-refractivity contribution in [1.82, 2.24) is 25.1 Å². The van der Waals surface area contributed by atoms with Crippen LogP contribution in [0, 0.1) is 11.3 Å². The van der Waals surface area contributed by atoms with Crippen LogP contribution in [-0.4, -0.2) is 56.5 Å². The number of benzene rings is 1. The van der Waals surface area contributed by atoms with Crippen LogP contribution in [0.25, 0.3) is 0 Å². The zero-order valence-electron chi connectivity index (χ0n) is 16.5. The molecule has 0 radical (unpaired) electrons. The number of β-amino-alcohol motifs (C(OH)–C–C–N with tert-alkyl or cyclic N) is 1. The SMILES string of the molecule is O=C(Cn1cccn1)NC[C@@H]1[C@@H](c2ccccc2)[C@]12CN(c1cnccn1)C[C@@H]2O. The van der Waals surface area contributed by atoms with Crippen molar-refractivity contribution in [3.63, 3.8) is 0 Å². The van der Waals surface area contributed by atoms with Crippen molar-refractivity contribution < 1.29 is 9.90 Å². The van der Waals surface area contributed by atoms with Crippen molar-refractivity contribution >= 4 is 11.7 Å². The molecule has 30 heavy (non-hydrogen) atoms. The second-order valence-corrected chi connectivity index (χ2v) is 8.07. The standard InChI is InChI=1S/C22H24N6O2/c29-18-13-27(19-12-23-8-9-24-19)15-22(18)17(21(22)16-5-2-1-3-6-16)11-25-20(30)14-28-10-4-7-26-28/h1-10,12,17-18,21,29H,11,13-15H2,(H,25,30)/t17-,18+,21-,22-/m1/s1. The fraction of sp³-hybridized carbons (Fsp3) is 0.364. The molecule has 0 unspecified atom stereocenters. The normalized spacial score (nSPS) is 27.4. The number of rotatable bonds is 6. The number of anilines is 1. The van der Waals surface area contributed by atoms with E-state index < -0.39 is 6.10 Å². The molecule has 1 amide bonds. The zero-order valence-corrected chi connectivity index (χ0v) is 16.5. The summed E-state index contributed by atoms with van der Waals surface area (Å²) < 4.78 is 1.60. The highest BCUT2D eigenvalue weighted by Gasteiger charge is 2.71. The van der Waals surface area contributed by atoms with Gasteiger partial charge in [-0.3, -0.25) is 14.5 Å². The van der Waals surface area contributed by atoms with Crippen LogP contribution in [0.4, 0.5) is 5.82 Å². The van der Waals surface area contributed by atoms with Gasteiger partial charge in [-0.05, 0) is 23.5 Å². The molecule has 5 rings (SSSR count). The molecule has 2 N–H and O–H groups in total. The van der Waals surface area contributed by atoms with E-state index in [4.69, 9.17) is 0 Å². The Hall–Kier alpha value is -3.26. The van der Waals surface area contributed by atoms with E-state index in [1.807, 2.05) is 18.2 Å². The average molecular weight is 404 g/mol. The average Bonchev–Trinajstić information content (AvgIpc) is 3.04. The minimum atomic E-state index is -0.502. The molecule has 4 atom stereocenters. The second kappa shape index (κ2) is 7.53. The van der Waals surface area contributed by atoms with E-state index in [-0.39, 0.29) is 29.7 Å². The van der Waals surface area contributed by atoms with Gasteiger partial charge in [0.1, 0.15) is 12.4 Å². The molecular formula is C22H24N6O2. The molecule has 2 fully saturated rings. The smallest absolute Gasteiger partial charge is 0.241 e. The first-order chi connectivity index (χ1) is 14.7. The van der Waals surface area contributed by atoms with Gasteiger partial charge in [0.25, 0.3) is 0 Å². The van der Waals surface area contributed by atoms with Gasteiger partial charge in [0.2, 0.25) is 5.91 Å². The molecule has 1 saturated carbocycles. The maximum atomic E-state index is 12.4. The van der Waals surface area contributed by atoms with E-state index in [9.17, 15) is 9.90 Å². The van der Waals surface area contributed by atoms with Gasteiger partial charge in [-0.1, -0.05) is 30.3 Å². The molecule has 1 aromatic carbocycles. The van der Waals surface area contributed by atoms with Gasteiger partial charge < -0.3 is 15.3 Å². The van der Waals surface area contributed by atoms with Gasteiger partial charge in [0.05, 0.1) is 12.3 Å². The summed E-state index contributed by atoms with van der Waals surface area (Å²) in [5.41, 5.74) is 0.890. The Bertz CT molecular complexity index is 997. The van der Waals surface area contributed by atoms with Gasteiger partial charge in [-0.15, -0.1) is 0 Å². The highest BCUT2D eigenvalue weighted by atomic mass is 16.3. The van der Waals surface area contributed by atoms with Crippen molar-refractivity contribution in [3.8, 4) is 0 Å². The van der Waals surface area contributed by atoms with E-state index >= 15 is 0 Å². The third-order valence-electron chi connectivity index (χ3n) is 6.46. The Morgan fingerprint density at radius 1 is 1.20 bits per heavy atom. The highest BCUT2D eigenvalue weighted by Crippen LogP contribution is 2.68. The number of aromatic nitrogens is 4. The maximum absolute atomic E-state index is 12.4. The number of aliphatic hydroxyl groups excluding tert-OH is 1. The molecule has 0 bridgehead atoms. The summed E-state index contributed by atoms with van der Waals surface area (Å²) in [6.07, 6.45) is 7.97. The van der Waals surface area contributed by atoms with E-state index in [1.54, 1.807) is 41.7 Å². The summed E-state index contributed by atoms with van der Waals surface area (Å²) in [6, 6.07) is 12.1. The minimum Gasteiger partial charge on any atom is -0.391 e. The molecule has 2 aromatic heterocycles. The van der Waals surface area contributed by atoms with Crippen molar-refractivity contribution in [2.45, 2.75) is 18.6 Å². The first-order valence-corrected chi connectivity index (χ1v) is 10.2. The number of nitrogens with one attached hydrogen (secondary N) is 1. The third-order valence-corrected chi connectivity index (χ3v) is 6.46. The van der Waals surface area contributed by atoms with Gasteiger partial charge >= 0.3 is 0 Å². The Kier molecular flexibility index (Phi) is 4.71. The Morgan fingerprint density at radius 2 is 2.07 bits per heavy atom. The summed E-state index contributed by atoms with van der Waals surface area (Å²) in [5.74, 6) is 1.03. The lowest BCUT2D eigenvalue weighted by molar-refractivity contribution is -0.121. The van der Waals surface area contributed by atoms with Crippen molar-refractivity contribution in [1.29, 1.82) is 0 Å². The molecule has 3 aromatic rings. The van der Waals surface area contributed by atoms with Gasteiger partial charge in [-0.2, -0.15) is 5.10 Å². The first-order valence-electron chi connectivity index (χ1n) is 10.2. The van der Waals surface area contributed by atoms with Crippen LogP contribution >= 0.6 is 0 Å². The summed E-state index contributed by atoms with van der Waals surface area (Å²) in [6.45, 7) is 1.91. The van der Waals surface area contributed by atoms with Crippen molar-refractivity contribution in [2.75, 3.05) is 24.5 Å². The molecule has 1 saturated heterocycles. The number of aliphatic hydroxyl groups is 1. The van der Waals surface area contributed by atoms with E-state index in [0.29, 0.717) is 19.6 Å². The van der Waals surface area contributed by atoms with E-state index in [2.05, 4.69) is 37.4 Å². The third kappa shape index (κ3) is 3.23. The van der Waals surface area contributed by atoms with Crippen LogP contribution in [0.1, 0.15) is 11.5 Å². The van der Waals surface area contributed by atoms with Crippen molar-refractivity contribution in [3.05, 3.63) is 72.9 Å². The van der Waals surface area contributed by atoms with Crippen LogP contribution in [0.5, 0.6) is 0 Å². The van der Waals surface area contributed by atoms with Crippen LogP contribution in [0.3, 0.4) is 0 Å². The molecule has 3 heterocycles. The molecule has 154 valence electrons. The molecule has 1 aliphatic heterocycles. The van der Waals surface area contributed by atoms with Crippen LogP contribution < -0.4 is 10.2 Å². The Labute approximate surface area is 174 Å². The molecule has 1 spiro atoms. The van der Waals surface area contributed by atoms with E-state index in [1.165, 1.54) is 5.56 Å². The largest absolute Gasteiger partial charge is 0.391 e. The molecule has 8 nitrogen and oxygen atoms in total. The Balaban J connectivity index is 1.34. The molecule has 1 aliphatic carbocycles. The number of hydrogen-bond donors (Lipinski definition) is 2. The Morgan fingerprint density at radius 3 is 2.80 bits per heavy atom. The predicted molar refractivity (Wildman–Crippen MR) is 111 cm³/mol. The van der Waals surface area contributed by atoms with Gasteiger partial charge in [0, 0.05) is 49.8 Å². The lowest BCUT2D eigenvalue weighted by atomic mass is 9.95. The van der Waals surface area contributed by atoms with Gasteiger partial charge in [0.15, 0.2) is 0 Å². The zero-order chi connectivity index (χ0) is 20.6. The van der Waals surface area contributed by atoms with Crippen LogP contribution in [0.2, 0.25) is 0 Å².